The Bertz CT molecular complexity index is 507. The molecule has 6 atom stereocenters. The van der Waals surface area contributed by atoms with Crippen molar-refractivity contribution in [2.24, 2.45) is 0 Å². The summed E-state index contributed by atoms with van der Waals surface area (Å²) < 4.78 is 47.5. The Morgan fingerprint density at radius 2 is 1.88 bits per heavy atom. The fourth-order valence-electron chi connectivity index (χ4n) is 3.34. The summed E-state index contributed by atoms with van der Waals surface area (Å²) >= 11 is 0. The van der Waals surface area contributed by atoms with Crippen LogP contribution in [0.4, 0.5) is 4.39 Å². The van der Waals surface area contributed by atoms with Gasteiger partial charge in [-0.05, 0) is 41.0 Å². The Kier molecular flexibility index (Phi) is 5.11. The Hall–Kier alpha value is -0.800. The number of alkyl halides is 1. The van der Waals surface area contributed by atoms with Crippen molar-refractivity contribution >= 4 is 5.97 Å². The van der Waals surface area contributed by atoms with Gasteiger partial charge in [-0.15, -0.1) is 0 Å². The Morgan fingerprint density at radius 1 is 1.16 bits per heavy atom. The summed E-state index contributed by atoms with van der Waals surface area (Å²) in [6.45, 7) is 8.88. The maximum atomic E-state index is 13.0. The van der Waals surface area contributed by atoms with Crippen LogP contribution in [0.1, 0.15) is 47.5 Å². The van der Waals surface area contributed by atoms with Crippen LogP contribution in [0.2, 0.25) is 0 Å². The van der Waals surface area contributed by atoms with E-state index in [0.29, 0.717) is 6.61 Å². The van der Waals surface area contributed by atoms with Gasteiger partial charge in [0.1, 0.15) is 12.2 Å². The van der Waals surface area contributed by atoms with E-state index in [9.17, 15) is 9.18 Å². The van der Waals surface area contributed by atoms with E-state index >= 15 is 0 Å². The number of ether oxygens (including phenoxy) is 6. The number of hydrogen-bond acceptors (Lipinski definition) is 7. The van der Waals surface area contributed by atoms with Crippen molar-refractivity contribution in [3.63, 3.8) is 0 Å². The van der Waals surface area contributed by atoms with E-state index in [-0.39, 0.29) is 12.8 Å². The normalized spacial score (nSPS) is 40.0. The molecule has 0 aromatic carbocycles. The van der Waals surface area contributed by atoms with Gasteiger partial charge in [-0.1, -0.05) is 0 Å². The number of hydrogen-bond donors (Lipinski definition) is 0. The summed E-state index contributed by atoms with van der Waals surface area (Å²) in [6.07, 6.45) is -3.83. The van der Waals surface area contributed by atoms with Crippen LogP contribution in [0.15, 0.2) is 0 Å². The van der Waals surface area contributed by atoms with Gasteiger partial charge in [-0.3, -0.25) is 4.79 Å². The molecular weight excluding hydrogens is 335 g/mol. The minimum atomic E-state index is -1.06. The number of carbonyl (C=O) groups is 1. The average Bonchev–Trinajstić information content (AvgIpc) is 3.08. The molecule has 3 aliphatic rings. The van der Waals surface area contributed by atoms with E-state index in [0.717, 1.165) is 0 Å². The zero-order valence-electron chi connectivity index (χ0n) is 15.3. The molecule has 3 heterocycles. The van der Waals surface area contributed by atoms with Gasteiger partial charge >= 0.3 is 5.97 Å². The summed E-state index contributed by atoms with van der Waals surface area (Å²) in [4.78, 5) is 12.1. The molecule has 0 radical (unpaired) electrons. The third-order valence-electron chi connectivity index (χ3n) is 4.44. The molecule has 0 aromatic heterocycles. The van der Waals surface area contributed by atoms with Crippen molar-refractivity contribution in [2.45, 2.75) is 95.9 Å². The summed E-state index contributed by atoms with van der Waals surface area (Å²) in [7, 11) is 0. The Labute approximate surface area is 147 Å². The van der Waals surface area contributed by atoms with Gasteiger partial charge in [0.2, 0.25) is 0 Å². The molecule has 8 heteroatoms. The first-order chi connectivity index (χ1) is 11.6. The SMILES string of the molecule is CC(F)CCC(=O)O[C@@H]1[C@H]2OC(C)(C)O[C@H]2O[C@@H]1[C@H]1COC(C)(C)O1. The summed E-state index contributed by atoms with van der Waals surface area (Å²) in [6, 6.07) is 0. The number of carbonyl (C=O) groups excluding carboxylic acids is 1. The van der Waals surface area contributed by atoms with Crippen LogP contribution < -0.4 is 0 Å². The van der Waals surface area contributed by atoms with Crippen molar-refractivity contribution < 1.29 is 37.6 Å². The summed E-state index contributed by atoms with van der Waals surface area (Å²) in [5.41, 5.74) is 0. The van der Waals surface area contributed by atoms with E-state index in [1.165, 1.54) is 6.92 Å². The highest BCUT2D eigenvalue weighted by Gasteiger charge is 2.59. The Morgan fingerprint density at radius 3 is 2.48 bits per heavy atom. The zero-order chi connectivity index (χ0) is 18.4. The van der Waals surface area contributed by atoms with Crippen LogP contribution in [-0.4, -0.2) is 61.0 Å². The van der Waals surface area contributed by atoms with Crippen LogP contribution in [0.5, 0.6) is 0 Å². The minimum absolute atomic E-state index is 0.00393. The third-order valence-corrected chi connectivity index (χ3v) is 4.44. The molecule has 3 fully saturated rings. The molecule has 7 nitrogen and oxygen atoms in total. The first-order valence-corrected chi connectivity index (χ1v) is 8.73. The maximum absolute atomic E-state index is 13.0. The van der Waals surface area contributed by atoms with Gasteiger partial charge < -0.3 is 28.4 Å². The molecular formula is C17H27FO7. The van der Waals surface area contributed by atoms with Crippen LogP contribution >= 0.6 is 0 Å². The molecule has 144 valence electrons. The van der Waals surface area contributed by atoms with Crippen molar-refractivity contribution in [3.05, 3.63) is 0 Å². The van der Waals surface area contributed by atoms with E-state index in [1.54, 1.807) is 13.8 Å². The van der Waals surface area contributed by atoms with Crippen molar-refractivity contribution in [2.75, 3.05) is 6.61 Å². The Balaban J connectivity index is 1.70. The van der Waals surface area contributed by atoms with E-state index in [1.807, 2.05) is 13.8 Å². The molecule has 0 N–H and O–H groups in total. The van der Waals surface area contributed by atoms with Crippen molar-refractivity contribution in [3.8, 4) is 0 Å². The fourth-order valence-corrected chi connectivity index (χ4v) is 3.34. The topological polar surface area (TPSA) is 72.5 Å². The fraction of sp³-hybridized carbons (Fsp3) is 0.941. The van der Waals surface area contributed by atoms with Gasteiger partial charge in [0.15, 0.2) is 30.1 Å². The number of halogens is 1. The molecule has 0 aromatic rings. The molecule has 0 aliphatic carbocycles. The second kappa shape index (κ2) is 6.74. The van der Waals surface area contributed by atoms with Crippen LogP contribution in [0.25, 0.3) is 0 Å². The summed E-state index contributed by atoms with van der Waals surface area (Å²) in [5, 5.41) is 0. The van der Waals surface area contributed by atoms with E-state index < -0.39 is 54.4 Å². The molecule has 0 spiro atoms. The predicted molar refractivity (Wildman–Crippen MR) is 83.3 cm³/mol. The van der Waals surface area contributed by atoms with Crippen molar-refractivity contribution in [1.82, 2.24) is 0 Å². The second-order valence-corrected chi connectivity index (χ2v) is 7.71. The number of fused-ring (bicyclic) bond motifs is 1. The number of esters is 1. The second-order valence-electron chi connectivity index (χ2n) is 7.71. The van der Waals surface area contributed by atoms with Crippen LogP contribution in [-0.2, 0) is 33.2 Å². The lowest BCUT2D eigenvalue weighted by molar-refractivity contribution is -0.235. The minimum Gasteiger partial charge on any atom is -0.456 e. The first-order valence-electron chi connectivity index (χ1n) is 8.73. The molecule has 3 rings (SSSR count). The molecule has 0 saturated carbocycles. The lowest BCUT2D eigenvalue weighted by Gasteiger charge is -2.28. The van der Waals surface area contributed by atoms with E-state index in [4.69, 9.17) is 28.4 Å². The lowest BCUT2D eigenvalue weighted by Crippen LogP contribution is -2.45. The monoisotopic (exact) mass is 362 g/mol. The van der Waals surface area contributed by atoms with Crippen LogP contribution in [0, 0.1) is 0 Å². The first kappa shape index (κ1) is 19.0. The lowest BCUT2D eigenvalue weighted by atomic mass is 10.1. The molecule has 3 saturated heterocycles. The van der Waals surface area contributed by atoms with Gasteiger partial charge in [-0.2, -0.15) is 0 Å². The quantitative estimate of drug-likeness (QED) is 0.693. The largest absolute Gasteiger partial charge is 0.456 e. The van der Waals surface area contributed by atoms with Gasteiger partial charge in [0.25, 0.3) is 0 Å². The highest BCUT2D eigenvalue weighted by atomic mass is 19.1. The van der Waals surface area contributed by atoms with Gasteiger partial charge in [-0.25, -0.2) is 4.39 Å². The van der Waals surface area contributed by atoms with Crippen LogP contribution in [0.3, 0.4) is 0 Å². The smallest absolute Gasteiger partial charge is 0.306 e. The standard InChI is InChI=1S/C17H27FO7/c1-9(18)6-7-11(19)21-13-12(10-8-20-16(2,3)23-10)22-15-14(13)24-17(4,5)25-15/h9-10,12-15H,6-8H2,1-5H3/t9?,10-,12-,13+,14-,15-/m1/s1. The van der Waals surface area contributed by atoms with Gasteiger partial charge in [0, 0.05) is 6.42 Å². The maximum Gasteiger partial charge on any atom is 0.306 e. The van der Waals surface area contributed by atoms with E-state index in [2.05, 4.69) is 0 Å². The zero-order valence-corrected chi connectivity index (χ0v) is 15.3. The van der Waals surface area contributed by atoms with Crippen molar-refractivity contribution in [1.29, 1.82) is 0 Å². The molecule has 1 unspecified atom stereocenters. The van der Waals surface area contributed by atoms with Gasteiger partial charge in [0.05, 0.1) is 12.8 Å². The number of rotatable bonds is 5. The molecule has 25 heavy (non-hydrogen) atoms. The third kappa shape index (κ3) is 4.31. The predicted octanol–water partition coefficient (Wildman–Crippen LogP) is 2.06. The summed E-state index contributed by atoms with van der Waals surface area (Å²) in [5.74, 6) is -2.05. The molecule has 0 amide bonds. The molecule has 0 bridgehead atoms. The highest BCUT2D eigenvalue weighted by molar-refractivity contribution is 5.69. The molecule has 3 aliphatic heterocycles. The highest BCUT2D eigenvalue weighted by Crippen LogP contribution is 2.42. The average molecular weight is 362 g/mol.